The minimum atomic E-state index is -0.652. The predicted molar refractivity (Wildman–Crippen MR) is 73.9 cm³/mol. The first-order valence-electron chi connectivity index (χ1n) is 7.03. The Morgan fingerprint density at radius 3 is 2.45 bits per heavy atom. The molecule has 1 aliphatic heterocycles. The maximum atomic E-state index is 13.5. The molecule has 0 aromatic heterocycles. The summed E-state index contributed by atoms with van der Waals surface area (Å²) in [5.74, 6) is -1.59. The number of hydrogen-bond acceptors (Lipinski definition) is 3. The van der Waals surface area contributed by atoms with E-state index in [2.05, 4.69) is 11.8 Å². The monoisotopic (exact) mass is 282 g/mol. The SMILES string of the molecule is CCCN1CCN(CC(=O)c2cc(F)ccc2F)CC1. The zero-order valence-corrected chi connectivity index (χ0v) is 11.7. The van der Waals surface area contributed by atoms with Gasteiger partial charge in [-0.25, -0.2) is 8.78 Å². The number of rotatable bonds is 5. The van der Waals surface area contributed by atoms with Gasteiger partial charge in [-0.05, 0) is 31.2 Å². The number of halogens is 2. The lowest BCUT2D eigenvalue weighted by molar-refractivity contribution is 0.0849. The number of Topliss-reactive ketones (excluding diaryl/α,β-unsaturated/α-hetero) is 1. The Kier molecular flexibility index (Phi) is 5.20. The molecule has 1 aromatic carbocycles. The lowest BCUT2D eigenvalue weighted by atomic mass is 10.1. The largest absolute Gasteiger partial charge is 0.301 e. The number of piperazine rings is 1. The van der Waals surface area contributed by atoms with Gasteiger partial charge < -0.3 is 4.90 Å². The Hall–Kier alpha value is -1.33. The quantitative estimate of drug-likeness (QED) is 0.773. The Morgan fingerprint density at radius 1 is 1.15 bits per heavy atom. The molecule has 0 spiro atoms. The van der Waals surface area contributed by atoms with Gasteiger partial charge in [0.25, 0.3) is 0 Å². The molecule has 1 fully saturated rings. The van der Waals surface area contributed by atoms with E-state index < -0.39 is 11.6 Å². The summed E-state index contributed by atoms with van der Waals surface area (Å²) in [6.07, 6.45) is 1.12. The van der Waals surface area contributed by atoms with Gasteiger partial charge in [-0.15, -0.1) is 0 Å². The highest BCUT2D eigenvalue weighted by molar-refractivity contribution is 5.97. The molecule has 0 radical (unpaired) electrons. The number of carbonyl (C=O) groups is 1. The second-order valence-corrected chi connectivity index (χ2v) is 5.17. The summed E-state index contributed by atoms with van der Waals surface area (Å²) in [5.41, 5.74) is -0.152. The summed E-state index contributed by atoms with van der Waals surface area (Å²) < 4.78 is 26.6. The third-order valence-electron chi connectivity index (χ3n) is 3.60. The summed E-state index contributed by atoms with van der Waals surface area (Å²) in [6, 6.07) is 3.00. The maximum absolute atomic E-state index is 13.5. The third-order valence-corrected chi connectivity index (χ3v) is 3.60. The van der Waals surface area contributed by atoms with Crippen LogP contribution in [0.3, 0.4) is 0 Å². The molecule has 0 saturated carbocycles. The Bertz CT molecular complexity index is 471. The van der Waals surface area contributed by atoms with Gasteiger partial charge in [0.15, 0.2) is 5.78 Å². The molecule has 0 atom stereocenters. The molecular formula is C15H20F2N2O. The van der Waals surface area contributed by atoms with Crippen molar-refractivity contribution >= 4 is 5.78 Å². The average molecular weight is 282 g/mol. The van der Waals surface area contributed by atoms with E-state index in [0.717, 1.165) is 57.3 Å². The van der Waals surface area contributed by atoms with E-state index in [1.807, 2.05) is 4.90 Å². The molecule has 2 rings (SSSR count). The fraction of sp³-hybridized carbons (Fsp3) is 0.533. The maximum Gasteiger partial charge on any atom is 0.179 e. The first kappa shape index (κ1) is 15.1. The second kappa shape index (κ2) is 6.90. The van der Waals surface area contributed by atoms with Crippen LogP contribution in [0.5, 0.6) is 0 Å². The van der Waals surface area contributed by atoms with Crippen LogP contribution in [0.25, 0.3) is 0 Å². The Balaban J connectivity index is 1.91. The topological polar surface area (TPSA) is 23.6 Å². The summed E-state index contributed by atoms with van der Waals surface area (Å²) in [6.45, 7) is 6.80. The molecule has 5 heteroatoms. The summed E-state index contributed by atoms with van der Waals surface area (Å²) in [7, 11) is 0. The smallest absolute Gasteiger partial charge is 0.179 e. The first-order valence-corrected chi connectivity index (χ1v) is 7.03. The molecular weight excluding hydrogens is 262 g/mol. The van der Waals surface area contributed by atoms with E-state index in [9.17, 15) is 13.6 Å². The van der Waals surface area contributed by atoms with Crippen LogP contribution < -0.4 is 0 Å². The highest BCUT2D eigenvalue weighted by atomic mass is 19.1. The van der Waals surface area contributed by atoms with Crippen molar-refractivity contribution in [3.63, 3.8) is 0 Å². The van der Waals surface area contributed by atoms with Crippen LogP contribution in [0, 0.1) is 11.6 Å². The van der Waals surface area contributed by atoms with Gasteiger partial charge in [-0.2, -0.15) is 0 Å². The van der Waals surface area contributed by atoms with E-state index >= 15 is 0 Å². The van der Waals surface area contributed by atoms with Crippen molar-refractivity contribution < 1.29 is 13.6 Å². The van der Waals surface area contributed by atoms with Crippen LogP contribution in [0.1, 0.15) is 23.7 Å². The Morgan fingerprint density at radius 2 is 1.80 bits per heavy atom. The van der Waals surface area contributed by atoms with E-state index in [-0.39, 0.29) is 17.9 Å². The van der Waals surface area contributed by atoms with Crippen LogP contribution in [-0.4, -0.2) is 54.9 Å². The molecule has 0 unspecified atom stereocenters. The molecule has 110 valence electrons. The minimum Gasteiger partial charge on any atom is -0.301 e. The van der Waals surface area contributed by atoms with Gasteiger partial charge in [0.1, 0.15) is 11.6 Å². The molecule has 1 saturated heterocycles. The van der Waals surface area contributed by atoms with Crippen molar-refractivity contribution in [3.05, 3.63) is 35.4 Å². The molecule has 1 aromatic rings. The standard InChI is InChI=1S/C15H20F2N2O/c1-2-5-18-6-8-19(9-7-18)11-15(20)13-10-12(16)3-4-14(13)17/h3-4,10H,2,5-9,11H2,1H3. The molecule has 0 amide bonds. The summed E-state index contributed by atoms with van der Waals surface area (Å²) in [5, 5.41) is 0. The van der Waals surface area contributed by atoms with E-state index in [1.165, 1.54) is 0 Å². The zero-order valence-electron chi connectivity index (χ0n) is 11.7. The second-order valence-electron chi connectivity index (χ2n) is 5.17. The van der Waals surface area contributed by atoms with Crippen LogP contribution in [0.15, 0.2) is 18.2 Å². The third kappa shape index (κ3) is 3.84. The van der Waals surface area contributed by atoms with E-state index in [1.54, 1.807) is 0 Å². The van der Waals surface area contributed by atoms with Gasteiger partial charge in [0.2, 0.25) is 0 Å². The predicted octanol–water partition coefficient (Wildman–Crippen LogP) is 2.18. The molecule has 0 aliphatic carbocycles. The number of carbonyl (C=O) groups excluding carboxylic acids is 1. The fourth-order valence-corrected chi connectivity index (χ4v) is 2.49. The van der Waals surface area contributed by atoms with Crippen molar-refractivity contribution in [2.45, 2.75) is 13.3 Å². The molecule has 1 heterocycles. The van der Waals surface area contributed by atoms with Crippen molar-refractivity contribution in [2.24, 2.45) is 0 Å². The van der Waals surface area contributed by atoms with Crippen molar-refractivity contribution in [1.29, 1.82) is 0 Å². The highest BCUT2D eigenvalue weighted by Gasteiger charge is 2.20. The first-order chi connectivity index (χ1) is 9.60. The fourth-order valence-electron chi connectivity index (χ4n) is 2.49. The Labute approximate surface area is 118 Å². The van der Waals surface area contributed by atoms with Crippen LogP contribution in [0.4, 0.5) is 8.78 Å². The zero-order chi connectivity index (χ0) is 14.5. The summed E-state index contributed by atoms with van der Waals surface area (Å²) >= 11 is 0. The number of ketones is 1. The number of benzene rings is 1. The van der Waals surface area contributed by atoms with Gasteiger partial charge in [0.05, 0.1) is 12.1 Å². The number of hydrogen-bond donors (Lipinski definition) is 0. The molecule has 1 aliphatic rings. The molecule has 20 heavy (non-hydrogen) atoms. The van der Waals surface area contributed by atoms with E-state index in [4.69, 9.17) is 0 Å². The molecule has 0 bridgehead atoms. The lowest BCUT2D eigenvalue weighted by Gasteiger charge is -2.34. The normalized spacial score (nSPS) is 17.4. The number of nitrogens with zero attached hydrogens (tertiary/aromatic N) is 2. The molecule has 0 N–H and O–H groups in total. The van der Waals surface area contributed by atoms with Gasteiger partial charge >= 0.3 is 0 Å². The van der Waals surface area contributed by atoms with Gasteiger partial charge in [-0.3, -0.25) is 9.69 Å². The van der Waals surface area contributed by atoms with Crippen LogP contribution in [0.2, 0.25) is 0 Å². The molecule has 3 nitrogen and oxygen atoms in total. The summed E-state index contributed by atoms with van der Waals surface area (Å²) in [4.78, 5) is 16.4. The van der Waals surface area contributed by atoms with Gasteiger partial charge in [0, 0.05) is 26.2 Å². The van der Waals surface area contributed by atoms with Crippen molar-refractivity contribution in [1.82, 2.24) is 9.80 Å². The van der Waals surface area contributed by atoms with Crippen molar-refractivity contribution in [3.8, 4) is 0 Å². The lowest BCUT2D eigenvalue weighted by Crippen LogP contribution is -2.48. The van der Waals surface area contributed by atoms with Crippen LogP contribution >= 0.6 is 0 Å². The van der Waals surface area contributed by atoms with Crippen LogP contribution in [-0.2, 0) is 0 Å². The minimum absolute atomic E-state index is 0.152. The average Bonchev–Trinajstić information content (AvgIpc) is 2.44. The van der Waals surface area contributed by atoms with E-state index in [0.29, 0.717) is 0 Å². The van der Waals surface area contributed by atoms with Gasteiger partial charge in [-0.1, -0.05) is 6.92 Å². The van der Waals surface area contributed by atoms with Crippen molar-refractivity contribution in [2.75, 3.05) is 39.3 Å². The highest BCUT2D eigenvalue weighted by Crippen LogP contribution is 2.12.